The lowest BCUT2D eigenvalue weighted by Gasteiger charge is -2.14. The van der Waals surface area contributed by atoms with E-state index in [1.54, 1.807) is 18.2 Å². The van der Waals surface area contributed by atoms with Crippen molar-refractivity contribution >= 4 is 28.9 Å². The maximum atomic E-state index is 13.6. The minimum atomic E-state index is -0.798. The second kappa shape index (κ2) is 10.2. The normalized spacial score (nSPS) is 10.6. The standard InChI is InChI=1S/C18H18Cl2FNO5/c19-8-10-26-15-11-13(20)16(22(24)25)17(23)18(15)27-9-4-3-6-12-5-1-2-7-14(12)21/h1-2,5,7,11,23H,3-4,6,8-10H2. The predicted molar refractivity (Wildman–Crippen MR) is 101 cm³/mol. The molecule has 0 aliphatic heterocycles. The number of aryl methyl sites for hydroxylation is 1. The highest BCUT2D eigenvalue weighted by molar-refractivity contribution is 6.33. The number of nitro benzene ring substituents is 1. The molecular weight excluding hydrogens is 400 g/mol. The molecule has 9 heteroatoms. The van der Waals surface area contributed by atoms with E-state index in [-0.39, 0.29) is 41.4 Å². The highest BCUT2D eigenvalue weighted by Crippen LogP contribution is 2.47. The molecular formula is C18H18Cl2FNO5. The summed E-state index contributed by atoms with van der Waals surface area (Å²) >= 11 is 11.4. The molecule has 0 aliphatic carbocycles. The number of hydrogen-bond donors (Lipinski definition) is 1. The highest BCUT2D eigenvalue weighted by atomic mass is 35.5. The third-order valence-electron chi connectivity index (χ3n) is 3.71. The molecule has 0 amide bonds. The summed E-state index contributed by atoms with van der Waals surface area (Å²) in [4.78, 5) is 10.3. The molecule has 0 fully saturated rings. The molecule has 0 unspecified atom stereocenters. The van der Waals surface area contributed by atoms with E-state index in [4.69, 9.17) is 32.7 Å². The number of nitro groups is 1. The van der Waals surface area contributed by atoms with Crippen LogP contribution < -0.4 is 9.47 Å². The molecule has 27 heavy (non-hydrogen) atoms. The van der Waals surface area contributed by atoms with Crippen molar-refractivity contribution in [3.63, 3.8) is 0 Å². The molecule has 2 aromatic rings. The minimum absolute atomic E-state index is 0.0675. The number of hydrogen-bond acceptors (Lipinski definition) is 5. The third-order valence-corrected chi connectivity index (χ3v) is 4.15. The van der Waals surface area contributed by atoms with Crippen LogP contribution in [0.5, 0.6) is 17.2 Å². The first-order valence-corrected chi connectivity index (χ1v) is 9.11. The summed E-state index contributed by atoms with van der Waals surface area (Å²) in [6, 6.07) is 7.71. The Morgan fingerprint density at radius 1 is 1.19 bits per heavy atom. The lowest BCUT2D eigenvalue weighted by atomic mass is 10.1. The maximum absolute atomic E-state index is 13.6. The van der Waals surface area contributed by atoms with Gasteiger partial charge in [-0.2, -0.15) is 0 Å². The Morgan fingerprint density at radius 2 is 1.93 bits per heavy atom. The minimum Gasteiger partial charge on any atom is -0.499 e. The first kappa shape index (κ1) is 21.1. The number of benzene rings is 2. The number of phenols is 1. The van der Waals surface area contributed by atoms with Gasteiger partial charge in [0.25, 0.3) is 0 Å². The molecule has 0 radical (unpaired) electrons. The van der Waals surface area contributed by atoms with E-state index < -0.39 is 16.4 Å². The van der Waals surface area contributed by atoms with Gasteiger partial charge >= 0.3 is 5.69 Å². The number of nitrogens with zero attached hydrogens (tertiary/aromatic N) is 1. The van der Waals surface area contributed by atoms with Gasteiger partial charge in [0.15, 0.2) is 5.75 Å². The SMILES string of the molecule is O=[N+]([O-])c1c(Cl)cc(OCCCl)c(OCCCCc2ccccc2F)c1O. The van der Waals surface area contributed by atoms with E-state index in [2.05, 4.69) is 0 Å². The Labute approximate surface area is 165 Å². The molecule has 0 spiro atoms. The monoisotopic (exact) mass is 417 g/mol. The largest absolute Gasteiger partial charge is 0.499 e. The van der Waals surface area contributed by atoms with Gasteiger partial charge in [-0.1, -0.05) is 29.8 Å². The van der Waals surface area contributed by atoms with E-state index in [1.165, 1.54) is 12.1 Å². The zero-order valence-corrected chi connectivity index (χ0v) is 15.8. The second-order valence-corrected chi connectivity index (χ2v) is 6.36. The van der Waals surface area contributed by atoms with E-state index in [1.807, 2.05) is 0 Å². The smallest absolute Gasteiger partial charge is 0.333 e. The Kier molecular flexibility index (Phi) is 7.94. The van der Waals surface area contributed by atoms with Crippen LogP contribution in [0.4, 0.5) is 10.1 Å². The number of rotatable bonds is 10. The lowest BCUT2D eigenvalue weighted by Crippen LogP contribution is -2.05. The van der Waals surface area contributed by atoms with Crippen molar-refractivity contribution in [1.29, 1.82) is 0 Å². The quantitative estimate of drug-likeness (QED) is 0.251. The fraction of sp³-hybridized carbons (Fsp3) is 0.333. The van der Waals surface area contributed by atoms with Crippen molar-refractivity contribution in [2.45, 2.75) is 19.3 Å². The van der Waals surface area contributed by atoms with Crippen molar-refractivity contribution in [2.75, 3.05) is 19.1 Å². The van der Waals surface area contributed by atoms with Gasteiger partial charge in [-0.05, 0) is 30.9 Å². The number of halogens is 3. The van der Waals surface area contributed by atoms with Gasteiger partial charge in [0.2, 0.25) is 11.5 Å². The van der Waals surface area contributed by atoms with Crippen molar-refractivity contribution in [3.05, 3.63) is 56.8 Å². The number of ether oxygens (including phenoxy) is 2. The van der Waals surface area contributed by atoms with Crippen LogP contribution in [0.15, 0.2) is 30.3 Å². The Hall–Kier alpha value is -2.25. The van der Waals surface area contributed by atoms with Crippen LogP contribution in [0, 0.1) is 15.9 Å². The molecule has 2 aromatic carbocycles. The number of alkyl halides is 1. The van der Waals surface area contributed by atoms with Crippen LogP contribution in [0.2, 0.25) is 5.02 Å². The Bertz CT molecular complexity index is 804. The molecule has 2 rings (SSSR count). The van der Waals surface area contributed by atoms with Gasteiger partial charge in [-0.25, -0.2) is 4.39 Å². The van der Waals surface area contributed by atoms with Gasteiger partial charge < -0.3 is 14.6 Å². The highest BCUT2D eigenvalue weighted by Gasteiger charge is 2.27. The van der Waals surface area contributed by atoms with Crippen LogP contribution in [0.25, 0.3) is 0 Å². The molecule has 0 aliphatic rings. The van der Waals surface area contributed by atoms with Gasteiger partial charge in [-0.15, -0.1) is 11.6 Å². The summed E-state index contributed by atoms with van der Waals surface area (Å²) in [5.41, 5.74) is -0.0511. The molecule has 0 bridgehead atoms. The van der Waals surface area contributed by atoms with Gasteiger partial charge in [0.05, 0.1) is 17.4 Å². The molecule has 0 saturated carbocycles. The molecule has 1 N–H and O–H groups in total. The zero-order chi connectivity index (χ0) is 19.8. The molecule has 6 nitrogen and oxygen atoms in total. The third kappa shape index (κ3) is 5.61. The number of aromatic hydroxyl groups is 1. The average molecular weight is 418 g/mol. The second-order valence-electron chi connectivity index (χ2n) is 5.57. The van der Waals surface area contributed by atoms with Gasteiger partial charge in [0.1, 0.15) is 17.4 Å². The lowest BCUT2D eigenvalue weighted by molar-refractivity contribution is -0.385. The van der Waals surface area contributed by atoms with E-state index >= 15 is 0 Å². The first-order valence-electron chi connectivity index (χ1n) is 8.20. The average Bonchev–Trinajstić information content (AvgIpc) is 2.62. The van der Waals surface area contributed by atoms with Crippen LogP contribution in [-0.2, 0) is 6.42 Å². The van der Waals surface area contributed by atoms with Crippen molar-refractivity contribution < 1.29 is 23.9 Å². The van der Waals surface area contributed by atoms with E-state index in [0.717, 1.165) is 0 Å². The van der Waals surface area contributed by atoms with Crippen molar-refractivity contribution in [3.8, 4) is 17.2 Å². The Balaban J connectivity index is 2.04. The van der Waals surface area contributed by atoms with E-state index in [9.17, 15) is 19.6 Å². The zero-order valence-electron chi connectivity index (χ0n) is 14.3. The first-order chi connectivity index (χ1) is 13.0. The molecule has 0 atom stereocenters. The topological polar surface area (TPSA) is 81.8 Å². The van der Waals surface area contributed by atoms with Crippen LogP contribution in [0.1, 0.15) is 18.4 Å². The molecule has 0 aromatic heterocycles. The molecule has 146 valence electrons. The van der Waals surface area contributed by atoms with Crippen molar-refractivity contribution in [2.24, 2.45) is 0 Å². The van der Waals surface area contributed by atoms with E-state index in [0.29, 0.717) is 24.8 Å². The summed E-state index contributed by atoms with van der Waals surface area (Å²) in [6.07, 6.45) is 1.70. The summed E-state index contributed by atoms with van der Waals surface area (Å²) in [5, 5.41) is 21.0. The molecule has 0 saturated heterocycles. The summed E-state index contributed by atoms with van der Waals surface area (Å²) in [5.74, 6) is -0.885. The van der Waals surface area contributed by atoms with Gasteiger partial charge in [0, 0.05) is 6.07 Å². The fourth-order valence-electron chi connectivity index (χ4n) is 2.45. The number of phenolic OH excluding ortho intramolecular Hbond substituents is 1. The van der Waals surface area contributed by atoms with Gasteiger partial charge in [-0.3, -0.25) is 10.1 Å². The van der Waals surface area contributed by atoms with Crippen LogP contribution >= 0.6 is 23.2 Å². The van der Waals surface area contributed by atoms with Crippen LogP contribution in [0.3, 0.4) is 0 Å². The summed E-state index contributed by atoms with van der Waals surface area (Å²) in [7, 11) is 0. The maximum Gasteiger partial charge on any atom is 0.333 e. The fourth-order valence-corrected chi connectivity index (χ4v) is 2.78. The Morgan fingerprint density at radius 3 is 2.59 bits per heavy atom. The van der Waals surface area contributed by atoms with Crippen molar-refractivity contribution in [1.82, 2.24) is 0 Å². The predicted octanol–water partition coefficient (Wildman–Crippen LogP) is 5.11. The number of unbranched alkanes of at least 4 members (excludes halogenated alkanes) is 1. The molecule has 0 heterocycles. The summed E-state index contributed by atoms with van der Waals surface area (Å²) < 4.78 is 24.4. The van der Waals surface area contributed by atoms with Crippen LogP contribution in [-0.4, -0.2) is 29.1 Å². The summed E-state index contributed by atoms with van der Waals surface area (Å²) in [6.45, 7) is 0.261.